The lowest BCUT2D eigenvalue weighted by Crippen LogP contribution is -2.13. The number of halogens is 4. The summed E-state index contributed by atoms with van der Waals surface area (Å²) in [5, 5.41) is 2.82. The zero-order valence-electron chi connectivity index (χ0n) is 9.88. The maximum absolute atomic E-state index is 13.1. The van der Waals surface area contributed by atoms with E-state index in [1.54, 1.807) is 0 Å². The van der Waals surface area contributed by atoms with E-state index in [0.717, 1.165) is 12.1 Å². The van der Waals surface area contributed by atoms with Gasteiger partial charge in [-0.3, -0.25) is 4.79 Å². The van der Waals surface area contributed by atoms with Gasteiger partial charge in [-0.1, -0.05) is 34.8 Å². The number of hydrogen-bond acceptors (Lipinski definition) is 2. The van der Waals surface area contributed by atoms with Crippen molar-refractivity contribution in [1.29, 1.82) is 0 Å². The van der Waals surface area contributed by atoms with E-state index in [-0.39, 0.29) is 21.3 Å². The van der Waals surface area contributed by atoms with E-state index in [1.165, 1.54) is 18.2 Å². The summed E-state index contributed by atoms with van der Waals surface area (Å²) in [5.74, 6) is -1.10. The predicted octanol–water partition coefficient (Wildman–Crippen LogP) is 4.62. The van der Waals surface area contributed by atoms with E-state index in [1.807, 2.05) is 0 Å². The highest BCUT2D eigenvalue weighted by molar-refractivity contribution is 6.40. The fourth-order valence-electron chi connectivity index (χ4n) is 1.59. The Morgan fingerprint density at radius 1 is 1.05 bits per heavy atom. The average Bonchev–Trinajstić information content (AvgIpc) is 2.32. The maximum Gasteiger partial charge on any atom is 0.255 e. The van der Waals surface area contributed by atoms with Crippen LogP contribution in [0.2, 0.25) is 15.1 Å². The molecule has 2 rings (SSSR count). The van der Waals surface area contributed by atoms with Crippen LogP contribution >= 0.6 is 34.8 Å². The second kappa shape index (κ2) is 5.87. The molecule has 0 heterocycles. The number of amides is 1. The number of nitrogens with two attached hydrogens (primary N) is 1. The third-order valence-electron chi connectivity index (χ3n) is 2.43. The minimum atomic E-state index is -0.593. The normalized spacial score (nSPS) is 10.4. The molecule has 20 heavy (non-hydrogen) atoms. The molecule has 0 fully saturated rings. The average molecular weight is 334 g/mol. The van der Waals surface area contributed by atoms with Crippen LogP contribution in [0.15, 0.2) is 30.3 Å². The van der Waals surface area contributed by atoms with Crippen LogP contribution in [0.4, 0.5) is 15.8 Å². The molecule has 3 N–H and O–H groups in total. The lowest BCUT2D eigenvalue weighted by Gasteiger charge is -2.10. The number of anilines is 2. The summed E-state index contributed by atoms with van der Waals surface area (Å²) in [6, 6.07) is 6.51. The Balaban J connectivity index is 2.32. The molecule has 0 aliphatic rings. The first-order chi connectivity index (χ1) is 9.36. The molecule has 104 valence electrons. The summed E-state index contributed by atoms with van der Waals surface area (Å²) in [4.78, 5) is 12.1. The second-order valence-corrected chi connectivity index (χ2v) is 5.22. The van der Waals surface area contributed by atoms with Gasteiger partial charge in [0.25, 0.3) is 5.91 Å². The molecule has 0 aliphatic carbocycles. The van der Waals surface area contributed by atoms with Gasteiger partial charge in [-0.25, -0.2) is 4.39 Å². The summed E-state index contributed by atoms with van der Waals surface area (Å²) in [6.07, 6.45) is 0. The molecule has 0 saturated heterocycles. The van der Waals surface area contributed by atoms with Crippen molar-refractivity contribution in [3.8, 4) is 0 Å². The molecule has 0 atom stereocenters. The van der Waals surface area contributed by atoms with Gasteiger partial charge in [-0.2, -0.15) is 0 Å². The molecule has 0 radical (unpaired) electrons. The van der Waals surface area contributed by atoms with E-state index in [0.29, 0.717) is 10.7 Å². The van der Waals surface area contributed by atoms with Crippen molar-refractivity contribution in [3.63, 3.8) is 0 Å². The molecule has 0 bridgehead atoms. The van der Waals surface area contributed by atoms with Crippen molar-refractivity contribution in [3.05, 3.63) is 56.8 Å². The molecule has 0 saturated carbocycles. The molecule has 0 unspecified atom stereocenters. The van der Waals surface area contributed by atoms with Crippen molar-refractivity contribution in [1.82, 2.24) is 0 Å². The van der Waals surface area contributed by atoms with Gasteiger partial charge in [0.2, 0.25) is 0 Å². The van der Waals surface area contributed by atoms with Gasteiger partial charge < -0.3 is 11.1 Å². The zero-order valence-corrected chi connectivity index (χ0v) is 12.2. The highest BCUT2D eigenvalue weighted by atomic mass is 35.5. The van der Waals surface area contributed by atoms with Gasteiger partial charge in [-0.15, -0.1) is 0 Å². The van der Waals surface area contributed by atoms with Crippen molar-refractivity contribution in [2.24, 2.45) is 0 Å². The van der Waals surface area contributed by atoms with Crippen molar-refractivity contribution < 1.29 is 9.18 Å². The standard InChI is InChI=1S/C13H8Cl3FN2O/c14-7-1-6(2-9(18)3-7)13(20)19-12-10(15)4-8(17)5-11(12)16/h1-5H,18H2,(H,19,20). The van der Waals surface area contributed by atoms with Gasteiger partial charge in [0.15, 0.2) is 0 Å². The maximum atomic E-state index is 13.1. The molecule has 1 amide bonds. The van der Waals surface area contributed by atoms with Crippen molar-refractivity contribution >= 4 is 52.1 Å². The first-order valence-corrected chi connectivity index (χ1v) is 6.52. The Morgan fingerprint density at radius 3 is 2.20 bits per heavy atom. The molecule has 0 spiro atoms. The van der Waals surface area contributed by atoms with Gasteiger partial charge in [0.05, 0.1) is 15.7 Å². The Kier molecular flexibility index (Phi) is 4.38. The molecule has 0 aromatic heterocycles. The van der Waals surface area contributed by atoms with Crippen LogP contribution in [-0.2, 0) is 0 Å². The van der Waals surface area contributed by atoms with Crippen LogP contribution < -0.4 is 11.1 Å². The Morgan fingerprint density at radius 2 is 1.65 bits per heavy atom. The predicted molar refractivity (Wildman–Crippen MR) is 80.2 cm³/mol. The van der Waals surface area contributed by atoms with Crippen LogP contribution in [0, 0.1) is 5.82 Å². The van der Waals surface area contributed by atoms with E-state index in [9.17, 15) is 9.18 Å². The first-order valence-electron chi connectivity index (χ1n) is 5.39. The number of benzene rings is 2. The number of nitrogen functional groups attached to an aromatic ring is 1. The van der Waals surface area contributed by atoms with E-state index < -0.39 is 11.7 Å². The lowest BCUT2D eigenvalue weighted by atomic mass is 10.2. The Labute approximate surface area is 129 Å². The summed E-state index contributed by atoms with van der Waals surface area (Å²) >= 11 is 17.5. The molecule has 3 nitrogen and oxygen atoms in total. The number of hydrogen-bond donors (Lipinski definition) is 2. The largest absolute Gasteiger partial charge is 0.399 e. The van der Waals surface area contributed by atoms with Crippen LogP contribution in [0.5, 0.6) is 0 Å². The van der Waals surface area contributed by atoms with Gasteiger partial charge in [-0.05, 0) is 30.3 Å². The van der Waals surface area contributed by atoms with E-state index >= 15 is 0 Å². The fraction of sp³-hybridized carbons (Fsp3) is 0. The molecule has 2 aromatic carbocycles. The molecular formula is C13H8Cl3FN2O. The van der Waals surface area contributed by atoms with Gasteiger partial charge in [0.1, 0.15) is 5.82 Å². The zero-order chi connectivity index (χ0) is 14.9. The number of carbonyl (C=O) groups excluding carboxylic acids is 1. The summed E-state index contributed by atoms with van der Waals surface area (Å²) in [5.41, 5.74) is 6.32. The monoisotopic (exact) mass is 332 g/mol. The minimum Gasteiger partial charge on any atom is -0.399 e. The highest BCUT2D eigenvalue weighted by Crippen LogP contribution is 2.32. The Hall–Kier alpha value is -1.49. The lowest BCUT2D eigenvalue weighted by molar-refractivity contribution is 0.102. The van der Waals surface area contributed by atoms with E-state index in [4.69, 9.17) is 40.5 Å². The molecule has 7 heteroatoms. The van der Waals surface area contributed by atoms with Gasteiger partial charge in [0, 0.05) is 16.3 Å². The quantitative estimate of drug-likeness (QED) is 0.788. The summed E-state index contributed by atoms with van der Waals surface area (Å²) < 4.78 is 13.1. The molecular weight excluding hydrogens is 326 g/mol. The SMILES string of the molecule is Nc1cc(Cl)cc(C(=O)Nc2c(Cl)cc(F)cc2Cl)c1. The van der Waals surface area contributed by atoms with Crippen LogP contribution in [-0.4, -0.2) is 5.91 Å². The molecule has 2 aromatic rings. The Bertz CT molecular complexity index is 648. The van der Waals surface area contributed by atoms with Crippen molar-refractivity contribution in [2.75, 3.05) is 11.1 Å². The van der Waals surface area contributed by atoms with Gasteiger partial charge >= 0.3 is 0 Å². The second-order valence-electron chi connectivity index (χ2n) is 3.97. The topological polar surface area (TPSA) is 55.1 Å². The third-order valence-corrected chi connectivity index (χ3v) is 3.24. The third kappa shape index (κ3) is 3.33. The van der Waals surface area contributed by atoms with E-state index in [2.05, 4.69) is 5.32 Å². The van der Waals surface area contributed by atoms with Crippen molar-refractivity contribution in [2.45, 2.75) is 0 Å². The van der Waals surface area contributed by atoms with Crippen LogP contribution in [0.3, 0.4) is 0 Å². The number of rotatable bonds is 2. The minimum absolute atomic E-state index is 0.00153. The number of carbonyl (C=O) groups is 1. The summed E-state index contributed by atoms with van der Waals surface area (Å²) in [6.45, 7) is 0. The van der Waals surface area contributed by atoms with Crippen LogP contribution in [0.1, 0.15) is 10.4 Å². The number of nitrogens with one attached hydrogen (secondary N) is 1. The highest BCUT2D eigenvalue weighted by Gasteiger charge is 2.14. The van der Waals surface area contributed by atoms with Crippen LogP contribution in [0.25, 0.3) is 0 Å². The fourth-order valence-corrected chi connectivity index (χ4v) is 2.39. The first kappa shape index (κ1) is 14.9. The smallest absolute Gasteiger partial charge is 0.255 e. The molecule has 0 aliphatic heterocycles. The summed E-state index contributed by atoms with van der Waals surface area (Å²) in [7, 11) is 0.